The number of carbonyl (C=O) groups is 1. The molecule has 0 heterocycles. The highest BCUT2D eigenvalue weighted by atomic mass is 79.9. The summed E-state index contributed by atoms with van der Waals surface area (Å²) in [6, 6.07) is 0. The second kappa shape index (κ2) is 11.3. The third-order valence-electron chi connectivity index (χ3n) is 1.64. The van der Waals surface area contributed by atoms with Crippen molar-refractivity contribution in [3.05, 3.63) is 0 Å². The number of hydrogen-bond donors (Lipinski definition) is 0. The van der Waals surface area contributed by atoms with Crippen LogP contribution in [0.3, 0.4) is 0 Å². The number of halogens is 4. The Morgan fingerprint density at radius 2 is 1.31 bits per heavy atom. The van der Waals surface area contributed by atoms with Gasteiger partial charge in [0.1, 0.15) is 0 Å². The Balaban J connectivity index is 3.38. The molecule has 0 saturated carbocycles. The van der Waals surface area contributed by atoms with Gasteiger partial charge in [-0.25, -0.2) is 4.79 Å². The van der Waals surface area contributed by atoms with E-state index in [-0.39, 0.29) is 0 Å². The summed E-state index contributed by atoms with van der Waals surface area (Å²) in [4.78, 5) is 11.7. The first kappa shape index (κ1) is 17.2. The second-order valence-electron chi connectivity index (χ2n) is 3.03. The predicted molar refractivity (Wildman–Crippen MR) is 79.6 cm³/mol. The maximum atomic E-state index is 11.1. The van der Waals surface area contributed by atoms with Crippen molar-refractivity contribution in [3.63, 3.8) is 0 Å². The van der Waals surface area contributed by atoms with E-state index in [2.05, 4.69) is 63.7 Å². The molecule has 0 bridgehead atoms. The highest BCUT2D eigenvalue weighted by molar-refractivity contribution is 9.12. The number of rotatable bonds is 8. The van der Waals surface area contributed by atoms with Crippen LogP contribution in [0.15, 0.2) is 0 Å². The van der Waals surface area contributed by atoms with Crippen LogP contribution >= 0.6 is 63.7 Å². The van der Waals surface area contributed by atoms with Gasteiger partial charge in [0.15, 0.2) is 0 Å². The molecular weight excluding hydrogens is 476 g/mol. The first-order chi connectivity index (χ1) is 7.60. The second-order valence-corrected chi connectivity index (χ2v) is 6.91. The van der Waals surface area contributed by atoms with Crippen LogP contribution in [-0.4, -0.2) is 39.7 Å². The summed E-state index contributed by atoms with van der Waals surface area (Å²) in [6.07, 6.45) is 0.939. The van der Waals surface area contributed by atoms with Gasteiger partial charge in [-0.15, -0.1) is 0 Å². The molecule has 7 heteroatoms. The minimum atomic E-state index is -0.594. The molecule has 0 rings (SSSR count). The van der Waals surface area contributed by atoms with Gasteiger partial charge in [-0.05, 0) is 12.8 Å². The van der Waals surface area contributed by atoms with Crippen LogP contribution in [0.1, 0.15) is 12.8 Å². The first-order valence-corrected chi connectivity index (χ1v) is 8.87. The van der Waals surface area contributed by atoms with Crippen molar-refractivity contribution >= 4 is 69.9 Å². The topological polar surface area (TPSA) is 35.5 Å². The molecule has 2 unspecified atom stereocenters. The van der Waals surface area contributed by atoms with E-state index in [0.29, 0.717) is 22.9 Å². The van der Waals surface area contributed by atoms with Crippen molar-refractivity contribution in [2.45, 2.75) is 22.5 Å². The zero-order valence-electron chi connectivity index (χ0n) is 8.63. The van der Waals surface area contributed by atoms with E-state index in [1.807, 2.05) is 0 Å². The minimum absolute atomic E-state index is 0.320. The molecule has 0 aliphatic carbocycles. The van der Waals surface area contributed by atoms with Crippen molar-refractivity contribution in [1.29, 1.82) is 0 Å². The SMILES string of the molecule is O=C(OCCC(Br)CBr)OCCC(Br)CBr. The Morgan fingerprint density at radius 1 is 0.938 bits per heavy atom. The minimum Gasteiger partial charge on any atom is -0.434 e. The molecule has 0 radical (unpaired) electrons. The van der Waals surface area contributed by atoms with E-state index in [9.17, 15) is 4.79 Å². The number of carbonyl (C=O) groups excluding carboxylic acids is 1. The van der Waals surface area contributed by atoms with E-state index in [1.54, 1.807) is 0 Å². The molecule has 0 amide bonds. The van der Waals surface area contributed by atoms with Gasteiger partial charge in [-0.1, -0.05) is 63.7 Å². The fourth-order valence-corrected chi connectivity index (χ4v) is 1.76. The molecular formula is C9H14Br4O3. The van der Waals surface area contributed by atoms with Crippen molar-refractivity contribution in [3.8, 4) is 0 Å². The summed E-state index contributed by atoms with van der Waals surface area (Å²) in [6.45, 7) is 0.743. The highest BCUT2D eigenvalue weighted by Crippen LogP contribution is 2.10. The molecule has 0 aliphatic rings. The summed E-state index contributed by atoms with van der Waals surface area (Å²) < 4.78 is 9.78. The summed E-state index contributed by atoms with van der Waals surface area (Å²) in [5, 5.41) is 1.67. The molecule has 0 aromatic heterocycles. The monoisotopic (exact) mass is 486 g/mol. The molecule has 0 spiro atoms. The Bertz CT molecular complexity index is 174. The molecule has 16 heavy (non-hydrogen) atoms. The van der Waals surface area contributed by atoms with Gasteiger partial charge in [-0.2, -0.15) is 0 Å². The maximum Gasteiger partial charge on any atom is 0.508 e. The predicted octanol–water partition coefficient (Wildman–Crippen LogP) is 4.24. The molecule has 3 nitrogen and oxygen atoms in total. The van der Waals surface area contributed by atoms with Crippen LogP contribution in [0.4, 0.5) is 4.79 Å². The van der Waals surface area contributed by atoms with Gasteiger partial charge in [0.25, 0.3) is 0 Å². The van der Waals surface area contributed by atoms with Gasteiger partial charge >= 0.3 is 6.16 Å². The lowest BCUT2D eigenvalue weighted by Crippen LogP contribution is -2.14. The van der Waals surface area contributed by atoms with Crippen molar-refractivity contribution < 1.29 is 14.3 Å². The van der Waals surface area contributed by atoms with E-state index < -0.39 is 6.16 Å². The summed E-state index contributed by atoms with van der Waals surface area (Å²) in [5.74, 6) is 0. The molecule has 0 aromatic rings. The molecule has 0 saturated heterocycles. The maximum absolute atomic E-state index is 11.1. The van der Waals surface area contributed by atoms with Crippen molar-refractivity contribution in [2.24, 2.45) is 0 Å². The average molecular weight is 490 g/mol. The summed E-state index contributed by atoms with van der Waals surface area (Å²) in [5.41, 5.74) is 0. The standard InChI is InChI=1S/C9H14Br4O3/c10-5-7(12)1-3-15-9(14)16-4-2-8(13)6-11/h7-8H,1-6H2. The van der Waals surface area contributed by atoms with Gasteiger partial charge in [-0.3, -0.25) is 0 Å². The third kappa shape index (κ3) is 10.4. The first-order valence-electron chi connectivity index (χ1n) is 4.79. The van der Waals surface area contributed by atoms with Gasteiger partial charge < -0.3 is 9.47 Å². The number of alkyl halides is 4. The van der Waals surface area contributed by atoms with E-state index in [4.69, 9.17) is 9.47 Å². The normalized spacial score (nSPS) is 14.2. The molecule has 0 aromatic carbocycles. The van der Waals surface area contributed by atoms with Crippen molar-refractivity contribution in [2.75, 3.05) is 23.9 Å². The molecule has 96 valence electrons. The van der Waals surface area contributed by atoms with Crippen LogP contribution in [-0.2, 0) is 9.47 Å². The third-order valence-corrected chi connectivity index (χ3v) is 6.50. The quantitative estimate of drug-likeness (QED) is 0.378. The van der Waals surface area contributed by atoms with E-state index >= 15 is 0 Å². The van der Waals surface area contributed by atoms with E-state index in [0.717, 1.165) is 23.5 Å². The molecule has 0 aliphatic heterocycles. The summed E-state index contributed by atoms with van der Waals surface area (Å²) >= 11 is 13.5. The van der Waals surface area contributed by atoms with E-state index in [1.165, 1.54) is 0 Å². The van der Waals surface area contributed by atoms with Gasteiger partial charge in [0, 0.05) is 20.3 Å². The average Bonchev–Trinajstić information content (AvgIpc) is 2.28. The Kier molecular flexibility index (Phi) is 12.1. The lowest BCUT2D eigenvalue weighted by atomic mass is 10.4. The smallest absolute Gasteiger partial charge is 0.434 e. The molecule has 0 fully saturated rings. The lowest BCUT2D eigenvalue weighted by Gasteiger charge is -2.09. The van der Waals surface area contributed by atoms with Crippen LogP contribution in [0.25, 0.3) is 0 Å². The largest absolute Gasteiger partial charge is 0.508 e. The van der Waals surface area contributed by atoms with Crippen LogP contribution in [0.2, 0.25) is 0 Å². The van der Waals surface area contributed by atoms with Gasteiger partial charge in [0.2, 0.25) is 0 Å². The van der Waals surface area contributed by atoms with Crippen LogP contribution < -0.4 is 0 Å². The van der Waals surface area contributed by atoms with Crippen molar-refractivity contribution in [1.82, 2.24) is 0 Å². The van der Waals surface area contributed by atoms with Crippen LogP contribution in [0, 0.1) is 0 Å². The molecule has 2 atom stereocenters. The lowest BCUT2D eigenvalue weighted by molar-refractivity contribution is 0.0543. The molecule has 0 N–H and O–H groups in total. The zero-order chi connectivity index (χ0) is 12.4. The summed E-state index contributed by atoms with van der Waals surface area (Å²) in [7, 11) is 0. The highest BCUT2D eigenvalue weighted by Gasteiger charge is 2.08. The number of ether oxygens (including phenoxy) is 2. The van der Waals surface area contributed by atoms with Gasteiger partial charge in [0.05, 0.1) is 13.2 Å². The zero-order valence-corrected chi connectivity index (χ0v) is 15.0. The number of hydrogen-bond acceptors (Lipinski definition) is 3. The Hall–Kier alpha value is 1.19. The Labute approximate surface area is 130 Å². The van der Waals surface area contributed by atoms with Crippen LogP contribution in [0.5, 0.6) is 0 Å². The fourth-order valence-electron chi connectivity index (χ4n) is 0.736. The Morgan fingerprint density at radius 3 is 1.62 bits per heavy atom. The fraction of sp³-hybridized carbons (Fsp3) is 0.889.